The summed E-state index contributed by atoms with van der Waals surface area (Å²) in [4.78, 5) is 12.2. The van der Waals surface area contributed by atoms with Gasteiger partial charge in [-0.05, 0) is 30.5 Å². The first kappa shape index (κ1) is 15.8. The van der Waals surface area contributed by atoms with Gasteiger partial charge in [-0.3, -0.25) is 4.79 Å². The lowest BCUT2D eigenvalue weighted by Gasteiger charge is -2.19. The van der Waals surface area contributed by atoms with Gasteiger partial charge in [-0.2, -0.15) is 0 Å². The molecule has 106 valence electrons. The number of nitrogens with two attached hydrogens (primary N) is 1. The highest BCUT2D eigenvalue weighted by molar-refractivity contribution is 6.30. The van der Waals surface area contributed by atoms with Crippen molar-refractivity contribution < 1.29 is 9.53 Å². The Morgan fingerprint density at radius 1 is 1.47 bits per heavy atom. The van der Waals surface area contributed by atoms with E-state index < -0.39 is 0 Å². The molecular weight excluding hydrogens is 264 g/mol. The standard InChI is InChI=1S/C14H21ClN2O2/c1-9(2)6-11(8-16)17-14(18)12-5-4-10(15)7-13(12)19-3/h4-5,7,9,11H,6,8,16H2,1-3H3,(H,17,18). The molecule has 1 aromatic carbocycles. The third-order valence-electron chi connectivity index (χ3n) is 2.78. The molecule has 0 spiro atoms. The zero-order valence-corrected chi connectivity index (χ0v) is 12.3. The summed E-state index contributed by atoms with van der Waals surface area (Å²) in [6.07, 6.45) is 0.845. The summed E-state index contributed by atoms with van der Waals surface area (Å²) in [6.45, 7) is 4.61. The van der Waals surface area contributed by atoms with Crippen molar-refractivity contribution in [1.82, 2.24) is 5.32 Å². The SMILES string of the molecule is COc1cc(Cl)ccc1C(=O)NC(CN)CC(C)C. The minimum absolute atomic E-state index is 0.0344. The molecule has 1 rings (SSSR count). The van der Waals surface area contributed by atoms with Crippen LogP contribution < -0.4 is 15.8 Å². The molecule has 0 aliphatic heterocycles. The fourth-order valence-corrected chi connectivity index (χ4v) is 2.06. The Balaban J connectivity index is 2.82. The molecule has 4 nitrogen and oxygen atoms in total. The molecule has 0 saturated heterocycles. The number of hydrogen-bond donors (Lipinski definition) is 2. The number of nitrogens with one attached hydrogen (secondary N) is 1. The molecule has 1 amide bonds. The Morgan fingerprint density at radius 3 is 2.68 bits per heavy atom. The number of rotatable bonds is 6. The van der Waals surface area contributed by atoms with E-state index in [1.165, 1.54) is 7.11 Å². The van der Waals surface area contributed by atoms with Crippen molar-refractivity contribution in [2.45, 2.75) is 26.3 Å². The van der Waals surface area contributed by atoms with Crippen LogP contribution in [-0.4, -0.2) is 25.6 Å². The number of ether oxygens (including phenoxy) is 1. The van der Waals surface area contributed by atoms with E-state index in [4.69, 9.17) is 22.1 Å². The average molecular weight is 285 g/mol. The Bertz CT molecular complexity index is 435. The van der Waals surface area contributed by atoms with Gasteiger partial charge < -0.3 is 15.8 Å². The molecule has 0 fully saturated rings. The van der Waals surface area contributed by atoms with E-state index in [-0.39, 0.29) is 11.9 Å². The van der Waals surface area contributed by atoms with E-state index in [9.17, 15) is 4.79 Å². The van der Waals surface area contributed by atoms with Crippen molar-refractivity contribution in [2.75, 3.05) is 13.7 Å². The van der Waals surface area contributed by atoms with E-state index in [2.05, 4.69) is 19.2 Å². The van der Waals surface area contributed by atoms with Gasteiger partial charge in [-0.1, -0.05) is 25.4 Å². The number of benzene rings is 1. The van der Waals surface area contributed by atoms with Crippen LogP contribution in [0.1, 0.15) is 30.6 Å². The summed E-state index contributed by atoms with van der Waals surface area (Å²) in [7, 11) is 1.51. The molecular formula is C14H21ClN2O2. The van der Waals surface area contributed by atoms with Gasteiger partial charge in [0.05, 0.1) is 12.7 Å². The molecule has 0 saturated carbocycles. The number of carbonyl (C=O) groups excluding carboxylic acids is 1. The van der Waals surface area contributed by atoms with Crippen LogP contribution in [0.2, 0.25) is 5.02 Å². The quantitative estimate of drug-likeness (QED) is 0.843. The van der Waals surface area contributed by atoms with Crippen molar-refractivity contribution in [3.05, 3.63) is 28.8 Å². The molecule has 19 heavy (non-hydrogen) atoms. The van der Waals surface area contributed by atoms with E-state index in [1.54, 1.807) is 18.2 Å². The molecule has 1 aromatic rings. The van der Waals surface area contributed by atoms with Gasteiger partial charge in [-0.25, -0.2) is 0 Å². The summed E-state index contributed by atoms with van der Waals surface area (Å²) in [5.41, 5.74) is 6.14. The summed E-state index contributed by atoms with van der Waals surface area (Å²) in [5, 5.41) is 3.45. The smallest absolute Gasteiger partial charge is 0.255 e. The highest BCUT2D eigenvalue weighted by atomic mass is 35.5. The second kappa shape index (κ2) is 7.36. The lowest BCUT2D eigenvalue weighted by atomic mass is 10.0. The molecule has 5 heteroatoms. The zero-order chi connectivity index (χ0) is 14.4. The van der Waals surface area contributed by atoms with Gasteiger partial charge >= 0.3 is 0 Å². The molecule has 3 N–H and O–H groups in total. The molecule has 0 aliphatic rings. The van der Waals surface area contributed by atoms with E-state index in [0.717, 1.165) is 6.42 Å². The lowest BCUT2D eigenvalue weighted by molar-refractivity contribution is 0.0930. The van der Waals surface area contributed by atoms with Crippen molar-refractivity contribution in [3.8, 4) is 5.75 Å². The number of carbonyl (C=O) groups is 1. The number of halogens is 1. The number of methoxy groups -OCH3 is 1. The van der Waals surface area contributed by atoms with Crippen LogP contribution >= 0.6 is 11.6 Å². The Labute approximate surface area is 119 Å². The molecule has 1 atom stereocenters. The van der Waals surface area contributed by atoms with Crippen LogP contribution in [0.25, 0.3) is 0 Å². The number of amides is 1. The van der Waals surface area contributed by atoms with Crippen molar-refractivity contribution in [3.63, 3.8) is 0 Å². The maximum Gasteiger partial charge on any atom is 0.255 e. The van der Waals surface area contributed by atoms with Crippen LogP contribution in [-0.2, 0) is 0 Å². The highest BCUT2D eigenvalue weighted by Gasteiger charge is 2.17. The van der Waals surface area contributed by atoms with Crippen LogP contribution in [0.4, 0.5) is 0 Å². The van der Waals surface area contributed by atoms with Crippen LogP contribution in [0.3, 0.4) is 0 Å². The van der Waals surface area contributed by atoms with Crippen LogP contribution in [0, 0.1) is 5.92 Å². The van der Waals surface area contributed by atoms with Gasteiger partial charge in [0.1, 0.15) is 5.75 Å². The largest absolute Gasteiger partial charge is 0.496 e. The average Bonchev–Trinajstić information content (AvgIpc) is 2.36. The molecule has 0 bridgehead atoms. The third-order valence-corrected chi connectivity index (χ3v) is 3.02. The summed E-state index contributed by atoms with van der Waals surface area (Å²) >= 11 is 5.87. The van der Waals surface area contributed by atoms with E-state index in [1.807, 2.05) is 0 Å². The fourth-order valence-electron chi connectivity index (χ4n) is 1.90. The van der Waals surface area contributed by atoms with Crippen LogP contribution in [0.5, 0.6) is 5.75 Å². The van der Waals surface area contributed by atoms with Crippen molar-refractivity contribution in [2.24, 2.45) is 11.7 Å². The molecule has 0 aromatic heterocycles. The zero-order valence-electron chi connectivity index (χ0n) is 11.6. The molecule has 0 aliphatic carbocycles. The van der Waals surface area contributed by atoms with E-state index in [0.29, 0.717) is 28.8 Å². The van der Waals surface area contributed by atoms with Gasteiger partial charge in [0.15, 0.2) is 0 Å². The van der Waals surface area contributed by atoms with Crippen LogP contribution in [0.15, 0.2) is 18.2 Å². The third kappa shape index (κ3) is 4.73. The summed E-state index contributed by atoms with van der Waals surface area (Å²) in [6, 6.07) is 4.90. The minimum Gasteiger partial charge on any atom is -0.496 e. The molecule has 0 radical (unpaired) electrons. The minimum atomic E-state index is -0.190. The second-order valence-electron chi connectivity index (χ2n) is 4.88. The predicted molar refractivity (Wildman–Crippen MR) is 77.8 cm³/mol. The topological polar surface area (TPSA) is 64.3 Å². The van der Waals surface area contributed by atoms with Gasteiger partial charge in [0.25, 0.3) is 5.91 Å². The monoisotopic (exact) mass is 284 g/mol. The summed E-state index contributed by atoms with van der Waals surface area (Å²) < 4.78 is 5.17. The Hall–Kier alpha value is -1.26. The molecule has 1 unspecified atom stereocenters. The number of hydrogen-bond acceptors (Lipinski definition) is 3. The highest BCUT2D eigenvalue weighted by Crippen LogP contribution is 2.23. The normalized spacial score (nSPS) is 12.3. The maximum absolute atomic E-state index is 12.2. The first-order valence-corrected chi connectivity index (χ1v) is 6.70. The maximum atomic E-state index is 12.2. The fraction of sp³-hybridized carbons (Fsp3) is 0.500. The van der Waals surface area contributed by atoms with E-state index >= 15 is 0 Å². The Morgan fingerprint density at radius 2 is 2.16 bits per heavy atom. The Kier molecular flexibility index (Phi) is 6.12. The van der Waals surface area contributed by atoms with Crippen molar-refractivity contribution >= 4 is 17.5 Å². The summed E-state index contributed by atoms with van der Waals surface area (Å²) in [5.74, 6) is 0.746. The first-order chi connectivity index (χ1) is 8.97. The second-order valence-corrected chi connectivity index (χ2v) is 5.32. The first-order valence-electron chi connectivity index (χ1n) is 6.32. The lowest BCUT2D eigenvalue weighted by Crippen LogP contribution is -2.41. The van der Waals surface area contributed by atoms with Gasteiger partial charge in [0, 0.05) is 17.6 Å². The van der Waals surface area contributed by atoms with Crippen molar-refractivity contribution in [1.29, 1.82) is 0 Å². The van der Waals surface area contributed by atoms with Gasteiger partial charge in [-0.15, -0.1) is 0 Å². The predicted octanol–water partition coefficient (Wildman–Crippen LogP) is 2.45. The molecule has 0 heterocycles. The van der Waals surface area contributed by atoms with Gasteiger partial charge in [0.2, 0.25) is 0 Å².